The summed E-state index contributed by atoms with van der Waals surface area (Å²) < 4.78 is 12.6. The van der Waals surface area contributed by atoms with Crippen molar-refractivity contribution in [3.05, 3.63) is 209 Å². The van der Waals surface area contributed by atoms with Gasteiger partial charge < -0.3 is 4.74 Å². The van der Waals surface area contributed by atoms with Crippen LogP contribution in [0.2, 0.25) is 0 Å². The Morgan fingerprint density at radius 2 is 1.28 bits per heavy atom. The smallest absolute Gasteiger partial charge is 0.269 e. The standard InChI is InChI=1S/C60H54N4O/c1-39-28-51(42-23-25-46(26-24-42)59(2,3)4)58(52(29-39)43-15-13-16-47(33-43)60(5,6)7)63-38-62(54-20-10-11-21-55(54)63)48-17-12-14-40(31-48)30-41-22-27-50-49-18-8-9-19-53(49)64(56(50)32-41)57-34-44-36-65-37-45(44)35-61-57/h8-29,31-35H,30,36-37H2,1-7H3. The first-order valence-corrected chi connectivity index (χ1v) is 22.9. The van der Waals surface area contributed by atoms with E-state index in [1.54, 1.807) is 0 Å². The summed E-state index contributed by atoms with van der Waals surface area (Å²) in [5, 5.41) is 2.45. The van der Waals surface area contributed by atoms with Crippen molar-refractivity contribution in [3.63, 3.8) is 0 Å². The Morgan fingerprint density at radius 3 is 2.08 bits per heavy atom. The van der Waals surface area contributed by atoms with Crippen LogP contribution in [0.15, 0.2) is 164 Å². The summed E-state index contributed by atoms with van der Waals surface area (Å²) in [6, 6.07) is 58.4. The van der Waals surface area contributed by atoms with Crippen LogP contribution in [0, 0.1) is 13.3 Å². The highest BCUT2D eigenvalue weighted by Gasteiger charge is 2.23. The summed E-state index contributed by atoms with van der Waals surface area (Å²) >= 11 is 0. The van der Waals surface area contributed by atoms with Crippen molar-refractivity contribution in [1.82, 2.24) is 14.1 Å². The van der Waals surface area contributed by atoms with E-state index in [4.69, 9.17) is 9.72 Å². The molecule has 0 amide bonds. The number of aromatic nitrogens is 4. The van der Waals surface area contributed by atoms with Crippen LogP contribution in [0.4, 0.5) is 0 Å². The van der Waals surface area contributed by atoms with Crippen LogP contribution in [-0.4, -0.2) is 14.1 Å². The number of fused-ring (bicyclic) bond motifs is 5. The van der Waals surface area contributed by atoms with Crippen molar-refractivity contribution in [3.8, 4) is 39.4 Å². The molecule has 1 aliphatic rings. The minimum absolute atomic E-state index is 0.00499. The molecule has 0 radical (unpaired) electrons. The molecule has 7 aromatic carbocycles. The summed E-state index contributed by atoms with van der Waals surface area (Å²) in [6.07, 6.45) is 6.69. The van der Waals surface area contributed by atoms with Gasteiger partial charge >= 0.3 is 0 Å². The average Bonchev–Trinajstić information content (AvgIpc) is 4.02. The van der Waals surface area contributed by atoms with E-state index in [-0.39, 0.29) is 10.8 Å². The van der Waals surface area contributed by atoms with E-state index in [0.29, 0.717) is 13.2 Å². The van der Waals surface area contributed by atoms with Crippen LogP contribution in [0.3, 0.4) is 0 Å². The second kappa shape index (κ2) is 15.6. The second-order valence-electron chi connectivity index (χ2n) is 20.0. The number of para-hydroxylation sites is 3. The van der Waals surface area contributed by atoms with Gasteiger partial charge in [-0.2, -0.15) is 0 Å². The SMILES string of the molecule is Cc1cc(-c2ccc(C(C)(C)C)cc2)c(-[n+]2[c-]n(-c3cccc(Cc4ccc5c6ccccc6n(-c6cc7c(cn6)COC7)c5c4)c3)c3ccccc32)c(-c2cccc(C(C)(C)C)c2)c1. The zero-order chi connectivity index (χ0) is 44.6. The summed E-state index contributed by atoms with van der Waals surface area (Å²) in [4.78, 5) is 4.95. The van der Waals surface area contributed by atoms with Crippen LogP contribution in [0.1, 0.15) is 80.5 Å². The number of hydrogen-bond donors (Lipinski definition) is 0. The zero-order valence-electron chi connectivity index (χ0n) is 38.4. The van der Waals surface area contributed by atoms with E-state index in [9.17, 15) is 0 Å². The van der Waals surface area contributed by atoms with E-state index in [1.807, 2.05) is 6.20 Å². The van der Waals surface area contributed by atoms with Gasteiger partial charge in [0.25, 0.3) is 6.33 Å². The molecule has 0 fully saturated rings. The quantitative estimate of drug-likeness (QED) is 0.118. The van der Waals surface area contributed by atoms with Gasteiger partial charge in [0.05, 0.1) is 46.7 Å². The Hall–Kier alpha value is -7.08. The fourth-order valence-electron chi connectivity index (χ4n) is 9.76. The lowest BCUT2D eigenvalue weighted by Crippen LogP contribution is -2.31. The van der Waals surface area contributed by atoms with Gasteiger partial charge in [0, 0.05) is 22.5 Å². The molecule has 5 heteroatoms. The topological polar surface area (TPSA) is 35.9 Å². The lowest BCUT2D eigenvalue weighted by molar-refractivity contribution is -0.571. The van der Waals surface area contributed by atoms with Gasteiger partial charge in [-0.15, -0.1) is 0 Å². The molecule has 0 atom stereocenters. The highest BCUT2D eigenvalue weighted by molar-refractivity contribution is 6.09. The van der Waals surface area contributed by atoms with E-state index < -0.39 is 0 Å². The van der Waals surface area contributed by atoms with Crippen LogP contribution >= 0.6 is 0 Å². The molecule has 11 rings (SSSR count). The molecule has 0 spiro atoms. The Labute approximate surface area is 382 Å². The molecule has 10 aromatic rings. The van der Waals surface area contributed by atoms with Gasteiger partial charge in [-0.1, -0.05) is 174 Å². The van der Waals surface area contributed by atoms with Crippen LogP contribution < -0.4 is 4.57 Å². The van der Waals surface area contributed by atoms with E-state index in [2.05, 4.69) is 226 Å². The largest absolute Gasteiger partial charge is 0.372 e. The molecule has 5 nitrogen and oxygen atoms in total. The summed E-state index contributed by atoms with van der Waals surface area (Å²) in [5.74, 6) is 0.923. The van der Waals surface area contributed by atoms with Gasteiger partial charge in [-0.25, -0.2) is 4.98 Å². The Kier molecular flexibility index (Phi) is 9.74. The monoisotopic (exact) mass is 846 g/mol. The summed E-state index contributed by atoms with van der Waals surface area (Å²) in [6.45, 7) is 17.2. The van der Waals surface area contributed by atoms with Gasteiger partial charge in [0.15, 0.2) is 0 Å². The number of rotatable bonds is 7. The molecular weight excluding hydrogens is 793 g/mol. The van der Waals surface area contributed by atoms with Crippen molar-refractivity contribution < 1.29 is 9.30 Å². The van der Waals surface area contributed by atoms with E-state index >= 15 is 0 Å². The lowest BCUT2D eigenvalue weighted by atomic mass is 9.84. The normalized spacial score (nSPS) is 13.0. The number of aryl methyl sites for hydroxylation is 1. The van der Waals surface area contributed by atoms with Gasteiger partial charge in [-0.3, -0.25) is 13.7 Å². The Balaban J connectivity index is 1.04. The molecule has 320 valence electrons. The number of benzene rings is 7. The van der Waals surface area contributed by atoms with Crippen molar-refractivity contribution >= 4 is 32.8 Å². The third kappa shape index (κ3) is 7.34. The molecule has 65 heavy (non-hydrogen) atoms. The molecule has 0 saturated carbocycles. The predicted octanol–water partition coefficient (Wildman–Crippen LogP) is 14.1. The molecule has 3 aromatic heterocycles. The number of pyridine rings is 1. The maximum absolute atomic E-state index is 5.76. The Morgan fingerprint density at radius 1 is 0.585 bits per heavy atom. The fourth-order valence-corrected chi connectivity index (χ4v) is 9.76. The van der Waals surface area contributed by atoms with Crippen LogP contribution in [0.5, 0.6) is 0 Å². The van der Waals surface area contributed by atoms with Gasteiger partial charge in [0.2, 0.25) is 0 Å². The van der Waals surface area contributed by atoms with Gasteiger partial charge in [0.1, 0.15) is 5.82 Å². The zero-order valence-corrected chi connectivity index (χ0v) is 38.4. The molecule has 0 aliphatic carbocycles. The second-order valence-corrected chi connectivity index (χ2v) is 20.0. The third-order valence-electron chi connectivity index (χ3n) is 13.3. The first-order chi connectivity index (χ1) is 31.4. The molecular formula is C60H54N4O. The van der Waals surface area contributed by atoms with E-state index in [0.717, 1.165) is 45.7 Å². The first-order valence-electron chi connectivity index (χ1n) is 22.9. The minimum atomic E-state index is 0.00499. The van der Waals surface area contributed by atoms with Gasteiger partial charge in [-0.05, 0) is 105 Å². The van der Waals surface area contributed by atoms with Crippen LogP contribution in [0.25, 0.3) is 72.3 Å². The molecule has 0 N–H and O–H groups in total. The fraction of sp³-hybridized carbons (Fsp3) is 0.200. The highest BCUT2D eigenvalue weighted by atomic mass is 16.5. The molecule has 0 bridgehead atoms. The number of ether oxygens (including phenoxy) is 1. The van der Waals surface area contributed by atoms with Crippen LogP contribution in [-0.2, 0) is 35.2 Å². The lowest BCUT2D eigenvalue weighted by Gasteiger charge is -2.23. The molecule has 0 saturated heterocycles. The molecule has 0 unspecified atom stereocenters. The molecule has 1 aliphatic heterocycles. The minimum Gasteiger partial charge on any atom is -0.372 e. The number of nitrogens with zero attached hydrogens (tertiary/aromatic N) is 4. The van der Waals surface area contributed by atoms with Crippen molar-refractivity contribution in [2.24, 2.45) is 0 Å². The first kappa shape index (κ1) is 40.7. The third-order valence-corrected chi connectivity index (χ3v) is 13.3. The average molecular weight is 847 g/mol. The van der Waals surface area contributed by atoms with Crippen molar-refractivity contribution in [2.45, 2.75) is 78.9 Å². The summed E-state index contributed by atoms with van der Waals surface area (Å²) in [5.41, 5.74) is 20.2. The maximum Gasteiger partial charge on any atom is 0.269 e. The number of hydrogen-bond acceptors (Lipinski definition) is 2. The highest BCUT2D eigenvalue weighted by Crippen LogP contribution is 2.39. The van der Waals surface area contributed by atoms with Crippen molar-refractivity contribution in [2.75, 3.05) is 0 Å². The van der Waals surface area contributed by atoms with E-state index in [1.165, 1.54) is 72.0 Å². The maximum atomic E-state index is 5.76. The predicted molar refractivity (Wildman–Crippen MR) is 267 cm³/mol. The van der Waals surface area contributed by atoms with Crippen molar-refractivity contribution in [1.29, 1.82) is 0 Å². The number of imidazole rings is 1. The Bertz CT molecular complexity index is 3460. The molecule has 4 heterocycles. The summed E-state index contributed by atoms with van der Waals surface area (Å²) in [7, 11) is 0.